The summed E-state index contributed by atoms with van der Waals surface area (Å²) in [5, 5.41) is 0.292. The molecule has 11 heavy (non-hydrogen) atoms. The Balaban J connectivity index is 1.81. The molecule has 0 aromatic carbocycles. The van der Waals surface area contributed by atoms with E-state index in [-0.39, 0.29) is 0 Å². The van der Waals surface area contributed by atoms with E-state index in [0.29, 0.717) is 23.0 Å². The fraction of sp³-hybridized carbons (Fsp3) is 1.00. The summed E-state index contributed by atoms with van der Waals surface area (Å²) in [6.45, 7) is 1.71. The van der Waals surface area contributed by atoms with Crippen LogP contribution in [0.4, 0.5) is 0 Å². The first-order valence-electron chi connectivity index (χ1n) is 4.17. The van der Waals surface area contributed by atoms with Gasteiger partial charge < -0.3 is 9.47 Å². The topological polar surface area (TPSA) is 21.8 Å². The maximum atomic E-state index is 6.24. The summed E-state index contributed by atoms with van der Waals surface area (Å²) in [6.07, 6.45) is 3.18. The minimum atomic E-state index is 0.291. The lowest BCUT2D eigenvalue weighted by Gasteiger charge is -2.46. The summed E-state index contributed by atoms with van der Waals surface area (Å²) in [5.74, 6) is 0. The van der Waals surface area contributed by atoms with E-state index in [1.165, 1.54) is 0 Å². The number of hydrogen-bond donors (Lipinski definition) is 0. The zero-order chi connectivity index (χ0) is 7.47. The number of hydrogen-bond acceptors (Lipinski definition) is 2. The van der Waals surface area contributed by atoms with E-state index >= 15 is 0 Å². The SMILES string of the molecule is ClC1CC2OC2CC12COC2. The molecule has 0 radical (unpaired) electrons. The first-order valence-corrected chi connectivity index (χ1v) is 4.61. The highest BCUT2D eigenvalue weighted by molar-refractivity contribution is 6.21. The molecule has 2 heterocycles. The lowest BCUT2D eigenvalue weighted by atomic mass is 9.72. The van der Waals surface area contributed by atoms with Crippen molar-refractivity contribution >= 4 is 11.6 Å². The van der Waals surface area contributed by atoms with Gasteiger partial charge in [0.2, 0.25) is 0 Å². The van der Waals surface area contributed by atoms with Crippen LogP contribution in [0, 0.1) is 5.41 Å². The third-order valence-electron chi connectivity index (χ3n) is 3.18. The van der Waals surface area contributed by atoms with Crippen LogP contribution in [0.5, 0.6) is 0 Å². The molecule has 3 atom stereocenters. The van der Waals surface area contributed by atoms with Crippen LogP contribution in [0.15, 0.2) is 0 Å². The summed E-state index contributed by atoms with van der Waals surface area (Å²) in [5.41, 5.74) is 0.291. The molecular formula is C8H11ClO2. The average Bonchev–Trinajstić information content (AvgIpc) is 2.59. The van der Waals surface area contributed by atoms with Crippen LogP contribution in [-0.4, -0.2) is 30.8 Å². The second-order valence-corrected chi connectivity index (χ2v) is 4.50. The second-order valence-electron chi connectivity index (χ2n) is 3.98. The molecule has 2 saturated heterocycles. The number of fused-ring (bicyclic) bond motifs is 1. The smallest absolute Gasteiger partial charge is 0.0856 e. The molecule has 62 valence electrons. The van der Waals surface area contributed by atoms with E-state index in [1.54, 1.807) is 0 Å². The minimum Gasteiger partial charge on any atom is -0.380 e. The molecule has 1 saturated carbocycles. The molecule has 3 unspecified atom stereocenters. The van der Waals surface area contributed by atoms with Gasteiger partial charge in [0.05, 0.1) is 25.4 Å². The fourth-order valence-electron chi connectivity index (χ4n) is 2.21. The van der Waals surface area contributed by atoms with Gasteiger partial charge in [-0.05, 0) is 12.8 Å². The summed E-state index contributed by atoms with van der Waals surface area (Å²) in [4.78, 5) is 0. The van der Waals surface area contributed by atoms with Crippen molar-refractivity contribution in [2.75, 3.05) is 13.2 Å². The molecule has 0 aromatic rings. The Bertz CT molecular complexity index is 191. The Hall–Kier alpha value is 0.210. The predicted molar refractivity (Wildman–Crippen MR) is 40.8 cm³/mol. The highest BCUT2D eigenvalue weighted by atomic mass is 35.5. The Morgan fingerprint density at radius 3 is 2.73 bits per heavy atom. The summed E-state index contributed by atoms with van der Waals surface area (Å²) in [7, 11) is 0. The van der Waals surface area contributed by atoms with Crippen LogP contribution >= 0.6 is 11.6 Å². The van der Waals surface area contributed by atoms with Gasteiger partial charge in [0.1, 0.15) is 0 Å². The van der Waals surface area contributed by atoms with Crippen molar-refractivity contribution in [3.63, 3.8) is 0 Å². The second kappa shape index (κ2) is 1.93. The van der Waals surface area contributed by atoms with Crippen LogP contribution < -0.4 is 0 Å². The zero-order valence-corrected chi connectivity index (χ0v) is 7.01. The number of epoxide rings is 1. The lowest BCUT2D eigenvalue weighted by molar-refractivity contribution is -0.124. The largest absolute Gasteiger partial charge is 0.380 e. The molecule has 0 N–H and O–H groups in total. The Morgan fingerprint density at radius 2 is 2.09 bits per heavy atom. The molecule has 1 aliphatic carbocycles. The molecule has 1 spiro atoms. The molecule has 3 fully saturated rings. The summed E-state index contributed by atoms with van der Waals surface area (Å²) < 4.78 is 10.7. The molecule has 0 bridgehead atoms. The van der Waals surface area contributed by atoms with Crippen LogP contribution in [-0.2, 0) is 9.47 Å². The van der Waals surface area contributed by atoms with E-state index in [4.69, 9.17) is 21.1 Å². The molecule has 2 aliphatic heterocycles. The number of halogens is 1. The molecule has 3 rings (SSSR count). The third kappa shape index (κ3) is 0.807. The number of alkyl halides is 1. The highest BCUT2D eigenvalue weighted by Crippen LogP contribution is 2.52. The Kier molecular flexibility index (Phi) is 1.17. The van der Waals surface area contributed by atoms with Crippen LogP contribution in [0.3, 0.4) is 0 Å². The first-order chi connectivity index (χ1) is 5.30. The quantitative estimate of drug-likeness (QED) is 0.406. The zero-order valence-electron chi connectivity index (χ0n) is 6.25. The van der Waals surface area contributed by atoms with Crippen LogP contribution in [0.2, 0.25) is 0 Å². The molecule has 0 amide bonds. The minimum absolute atomic E-state index is 0.291. The fourth-order valence-corrected chi connectivity index (χ4v) is 2.60. The number of rotatable bonds is 0. The van der Waals surface area contributed by atoms with E-state index in [1.807, 2.05) is 0 Å². The van der Waals surface area contributed by atoms with Gasteiger partial charge in [-0.1, -0.05) is 0 Å². The molecule has 3 aliphatic rings. The normalized spacial score (nSPS) is 51.5. The third-order valence-corrected chi connectivity index (χ3v) is 3.82. The highest BCUT2D eigenvalue weighted by Gasteiger charge is 2.58. The predicted octanol–water partition coefficient (Wildman–Crippen LogP) is 1.17. The lowest BCUT2D eigenvalue weighted by Crippen LogP contribution is -2.52. The van der Waals surface area contributed by atoms with Gasteiger partial charge in [0.25, 0.3) is 0 Å². The van der Waals surface area contributed by atoms with Gasteiger partial charge in [-0.25, -0.2) is 0 Å². The van der Waals surface area contributed by atoms with Crippen molar-refractivity contribution in [3.8, 4) is 0 Å². The Labute approximate surface area is 70.8 Å². The van der Waals surface area contributed by atoms with Crippen molar-refractivity contribution in [2.45, 2.75) is 30.4 Å². The maximum absolute atomic E-state index is 6.24. The standard InChI is InChI=1S/C8H11ClO2/c9-7-1-5-6(11-5)2-8(7)3-10-4-8/h5-7H,1-4H2. The molecule has 2 nitrogen and oxygen atoms in total. The van der Waals surface area contributed by atoms with Crippen molar-refractivity contribution in [2.24, 2.45) is 5.41 Å². The van der Waals surface area contributed by atoms with Crippen molar-refractivity contribution in [3.05, 3.63) is 0 Å². The van der Waals surface area contributed by atoms with E-state index in [2.05, 4.69) is 0 Å². The van der Waals surface area contributed by atoms with Crippen molar-refractivity contribution < 1.29 is 9.47 Å². The van der Waals surface area contributed by atoms with Gasteiger partial charge in [0, 0.05) is 10.8 Å². The van der Waals surface area contributed by atoms with Crippen LogP contribution in [0.25, 0.3) is 0 Å². The van der Waals surface area contributed by atoms with E-state index < -0.39 is 0 Å². The van der Waals surface area contributed by atoms with E-state index in [0.717, 1.165) is 26.1 Å². The van der Waals surface area contributed by atoms with Crippen molar-refractivity contribution in [1.29, 1.82) is 0 Å². The van der Waals surface area contributed by atoms with Gasteiger partial charge in [-0.15, -0.1) is 11.6 Å². The molecular weight excluding hydrogens is 164 g/mol. The van der Waals surface area contributed by atoms with Crippen molar-refractivity contribution in [1.82, 2.24) is 0 Å². The van der Waals surface area contributed by atoms with E-state index in [9.17, 15) is 0 Å². The average molecular weight is 175 g/mol. The number of ether oxygens (including phenoxy) is 2. The summed E-state index contributed by atoms with van der Waals surface area (Å²) in [6, 6.07) is 0. The van der Waals surface area contributed by atoms with Gasteiger partial charge >= 0.3 is 0 Å². The maximum Gasteiger partial charge on any atom is 0.0856 e. The van der Waals surface area contributed by atoms with Crippen LogP contribution in [0.1, 0.15) is 12.8 Å². The molecule has 3 heteroatoms. The molecule has 0 aromatic heterocycles. The van der Waals surface area contributed by atoms with Gasteiger partial charge in [-0.3, -0.25) is 0 Å². The van der Waals surface area contributed by atoms with Gasteiger partial charge in [-0.2, -0.15) is 0 Å². The summed E-state index contributed by atoms with van der Waals surface area (Å²) >= 11 is 6.24. The monoisotopic (exact) mass is 174 g/mol. The first kappa shape index (κ1) is 6.70. The van der Waals surface area contributed by atoms with Gasteiger partial charge in [0.15, 0.2) is 0 Å². The Morgan fingerprint density at radius 1 is 1.27 bits per heavy atom.